The summed E-state index contributed by atoms with van der Waals surface area (Å²) in [5.41, 5.74) is 0. The minimum Gasteiger partial charge on any atom is -0.352 e. The van der Waals surface area contributed by atoms with Crippen LogP contribution in [-0.4, -0.2) is 73.5 Å². The highest BCUT2D eigenvalue weighted by Crippen LogP contribution is 2.10. The van der Waals surface area contributed by atoms with Crippen LogP contribution in [0.5, 0.6) is 0 Å². The number of amides is 2. The van der Waals surface area contributed by atoms with Crippen molar-refractivity contribution < 1.29 is 9.59 Å². The summed E-state index contributed by atoms with van der Waals surface area (Å²) in [4.78, 5) is 27.8. The zero-order valence-corrected chi connectivity index (χ0v) is 11.9. The molecule has 0 spiro atoms. The molecule has 2 N–H and O–H groups in total. The van der Waals surface area contributed by atoms with Gasteiger partial charge in [-0.15, -0.1) is 6.58 Å². The first kappa shape index (κ1) is 15.0. The molecular weight excluding hydrogens is 256 g/mol. The van der Waals surface area contributed by atoms with E-state index in [9.17, 15) is 9.59 Å². The number of rotatable bonds is 5. The molecule has 0 saturated carbocycles. The van der Waals surface area contributed by atoms with Gasteiger partial charge in [-0.05, 0) is 19.4 Å². The van der Waals surface area contributed by atoms with Gasteiger partial charge in [-0.3, -0.25) is 14.5 Å². The Morgan fingerprint density at radius 1 is 1.30 bits per heavy atom. The third kappa shape index (κ3) is 4.05. The lowest BCUT2D eigenvalue weighted by Crippen LogP contribution is -2.54. The molecule has 112 valence electrons. The molecule has 0 aliphatic carbocycles. The summed E-state index contributed by atoms with van der Waals surface area (Å²) in [6.45, 7) is 8.37. The molecule has 0 radical (unpaired) electrons. The van der Waals surface area contributed by atoms with Crippen LogP contribution < -0.4 is 10.6 Å². The van der Waals surface area contributed by atoms with E-state index in [1.807, 2.05) is 4.90 Å². The monoisotopic (exact) mass is 280 g/mol. The van der Waals surface area contributed by atoms with Crippen LogP contribution in [-0.2, 0) is 9.59 Å². The molecule has 2 saturated heterocycles. The van der Waals surface area contributed by atoms with Crippen molar-refractivity contribution in [2.45, 2.75) is 18.9 Å². The van der Waals surface area contributed by atoms with Crippen LogP contribution in [0.15, 0.2) is 12.7 Å². The van der Waals surface area contributed by atoms with E-state index in [2.05, 4.69) is 22.1 Å². The number of carbonyl (C=O) groups is 2. The van der Waals surface area contributed by atoms with Crippen molar-refractivity contribution in [2.75, 3.05) is 45.8 Å². The first-order chi connectivity index (χ1) is 9.70. The molecule has 2 aliphatic rings. The van der Waals surface area contributed by atoms with E-state index < -0.39 is 0 Å². The lowest BCUT2D eigenvalue weighted by molar-refractivity contribution is -0.135. The van der Waals surface area contributed by atoms with Crippen LogP contribution in [0, 0.1) is 0 Å². The van der Waals surface area contributed by atoms with Crippen LogP contribution in [0.2, 0.25) is 0 Å². The predicted octanol–water partition coefficient (Wildman–Crippen LogP) is -0.815. The molecular formula is C14H24N4O2. The Morgan fingerprint density at radius 3 is 2.65 bits per heavy atom. The molecule has 2 fully saturated rings. The molecule has 2 amide bonds. The Balaban J connectivity index is 1.70. The number of piperazine rings is 1. The molecule has 1 unspecified atom stereocenters. The summed E-state index contributed by atoms with van der Waals surface area (Å²) >= 11 is 0. The van der Waals surface area contributed by atoms with Crippen molar-refractivity contribution in [3.8, 4) is 0 Å². The van der Waals surface area contributed by atoms with Crippen molar-refractivity contribution in [1.82, 2.24) is 20.4 Å². The quantitative estimate of drug-likeness (QED) is 0.646. The van der Waals surface area contributed by atoms with E-state index >= 15 is 0 Å². The molecule has 2 heterocycles. The number of hydrogen-bond donors (Lipinski definition) is 2. The summed E-state index contributed by atoms with van der Waals surface area (Å²) < 4.78 is 0. The van der Waals surface area contributed by atoms with Crippen molar-refractivity contribution in [2.24, 2.45) is 0 Å². The van der Waals surface area contributed by atoms with Gasteiger partial charge in [0.15, 0.2) is 0 Å². The van der Waals surface area contributed by atoms with Gasteiger partial charge in [-0.1, -0.05) is 6.08 Å². The van der Waals surface area contributed by atoms with Gasteiger partial charge in [0.1, 0.15) is 0 Å². The number of nitrogens with one attached hydrogen (secondary N) is 2. The smallest absolute Gasteiger partial charge is 0.239 e. The number of nitrogens with zero attached hydrogens (tertiary/aromatic N) is 2. The molecule has 2 aliphatic heterocycles. The molecule has 1 atom stereocenters. The zero-order chi connectivity index (χ0) is 14.4. The lowest BCUT2D eigenvalue weighted by atomic mass is 10.2. The summed E-state index contributed by atoms with van der Waals surface area (Å²) in [7, 11) is 0. The van der Waals surface area contributed by atoms with E-state index in [1.165, 1.54) is 0 Å². The molecule has 20 heavy (non-hydrogen) atoms. The van der Waals surface area contributed by atoms with Crippen LogP contribution >= 0.6 is 0 Å². The maximum Gasteiger partial charge on any atom is 0.239 e. The van der Waals surface area contributed by atoms with Gasteiger partial charge >= 0.3 is 0 Å². The first-order valence-electron chi connectivity index (χ1n) is 7.33. The minimum absolute atomic E-state index is 0.0115. The number of hydrogen-bond acceptors (Lipinski definition) is 4. The van der Waals surface area contributed by atoms with Crippen molar-refractivity contribution in [1.29, 1.82) is 0 Å². The summed E-state index contributed by atoms with van der Waals surface area (Å²) in [5, 5.41) is 6.01. The van der Waals surface area contributed by atoms with Gasteiger partial charge in [-0.25, -0.2) is 0 Å². The van der Waals surface area contributed by atoms with Crippen molar-refractivity contribution >= 4 is 11.8 Å². The molecule has 0 bridgehead atoms. The highest BCUT2D eigenvalue weighted by Gasteiger charge is 2.29. The normalized spacial score (nSPS) is 23.6. The summed E-state index contributed by atoms with van der Waals surface area (Å²) in [5.74, 6) is 0.236. The zero-order valence-electron chi connectivity index (χ0n) is 11.9. The van der Waals surface area contributed by atoms with Crippen LogP contribution in [0.25, 0.3) is 0 Å². The van der Waals surface area contributed by atoms with Gasteiger partial charge in [0.05, 0.1) is 12.6 Å². The molecule has 2 rings (SSSR count). The second-order valence-corrected chi connectivity index (χ2v) is 5.34. The number of carbonyl (C=O) groups excluding carboxylic acids is 2. The fourth-order valence-electron chi connectivity index (χ4n) is 2.69. The maximum atomic E-state index is 12.2. The molecule has 0 aromatic heterocycles. The molecule has 0 aromatic carbocycles. The minimum atomic E-state index is 0.0115. The Morgan fingerprint density at radius 2 is 2.05 bits per heavy atom. The summed E-state index contributed by atoms with van der Waals surface area (Å²) in [6, 6.07) is 0.0115. The molecule has 6 nitrogen and oxygen atoms in total. The molecule has 6 heteroatoms. The average molecular weight is 280 g/mol. The molecule has 0 aromatic rings. The van der Waals surface area contributed by atoms with Crippen LogP contribution in [0.1, 0.15) is 12.8 Å². The Labute approximate surface area is 120 Å². The Bertz CT molecular complexity index is 358. The van der Waals surface area contributed by atoms with Gasteiger partial charge < -0.3 is 15.5 Å². The van der Waals surface area contributed by atoms with Gasteiger partial charge in [0.2, 0.25) is 11.8 Å². The standard InChI is InChI=1S/C14H24N4O2/c1-2-5-16-13(19)11-17-7-9-18(10-8-17)14(20)12-4-3-6-15-12/h2,12,15H,1,3-11H2,(H,16,19). The third-order valence-electron chi connectivity index (χ3n) is 3.85. The van der Waals surface area contributed by atoms with E-state index in [0.717, 1.165) is 32.5 Å². The van der Waals surface area contributed by atoms with E-state index in [4.69, 9.17) is 0 Å². The Hall–Kier alpha value is -1.40. The fraction of sp³-hybridized carbons (Fsp3) is 0.714. The third-order valence-corrected chi connectivity index (χ3v) is 3.85. The van der Waals surface area contributed by atoms with Crippen LogP contribution in [0.3, 0.4) is 0 Å². The second-order valence-electron chi connectivity index (χ2n) is 5.34. The SMILES string of the molecule is C=CCNC(=O)CN1CCN(C(=O)C2CCCN2)CC1. The second kappa shape index (κ2) is 7.40. The first-order valence-corrected chi connectivity index (χ1v) is 7.33. The fourth-order valence-corrected chi connectivity index (χ4v) is 2.69. The van der Waals surface area contributed by atoms with Gasteiger partial charge in [-0.2, -0.15) is 0 Å². The highest BCUT2D eigenvalue weighted by atomic mass is 16.2. The largest absolute Gasteiger partial charge is 0.352 e. The maximum absolute atomic E-state index is 12.2. The Kier molecular flexibility index (Phi) is 5.55. The van der Waals surface area contributed by atoms with Crippen molar-refractivity contribution in [3.63, 3.8) is 0 Å². The predicted molar refractivity (Wildman–Crippen MR) is 77.3 cm³/mol. The van der Waals surface area contributed by atoms with E-state index in [0.29, 0.717) is 26.2 Å². The average Bonchev–Trinajstić information content (AvgIpc) is 2.99. The van der Waals surface area contributed by atoms with E-state index in [-0.39, 0.29) is 17.9 Å². The van der Waals surface area contributed by atoms with Crippen LogP contribution in [0.4, 0.5) is 0 Å². The van der Waals surface area contributed by atoms with E-state index in [1.54, 1.807) is 6.08 Å². The lowest BCUT2D eigenvalue weighted by Gasteiger charge is -2.35. The topological polar surface area (TPSA) is 64.7 Å². The summed E-state index contributed by atoms with van der Waals surface area (Å²) in [6.07, 6.45) is 3.70. The van der Waals surface area contributed by atoms with Gasteiger partial charge in [0.25, 0.3) is 0 Å². The van der Waals surface area contributed by atoms with Crippen molar-refractivity contribution in [3.05, 3.63) is 12.7 Å². The highest BCUT2D eigenvalue weighted by molar-refractivity contribution is 5.82. The van der Waals surface area contributed by atoms with Gasteiger partial charge in [0, 0.05) is 32.7 Å².